The van der Waals surface area contributed by atoms with Crippen LogP contribution in [0.2, 0.25) is 0 Å². The summed E-state index contributed by atoms with van der Waals surface area (Å²) >= 11 is 0. The molecule has 0 aliphatic carbocycles. The van der Waals surface area contributed by atoms with Gasteiger partial charge in [-0.1, -0.05) is 0 Å². The normalized spacial score (nSPS) is 15.5. The number of aryl methyl sites for hydroxylation is 1. The summed E-state index contributed by atoms with van der Waals surface area (Å²) in [4.78, 5) is 14.8. The molecule has 0 atom stereocenters. The highest BCUT2D eigenvalue weighted by molar-refractivity contribution is 5.95. The molecule has 6 heteroatoms. The number of hydrogen-bond donors (Lipinski definition) is 1. The number of carbonyl (C=O) groups excluding carboxylic acids is 1. The lowest BCUT2D eigenvalue weighted by atomic mass is 10.0. The lowest BCUT2D eigenvalue weighted by molar-refractivity contribution is 0.0717. The van der Waals surface area contributed by atoms with Crippen LogP contribution in [0.1, 0.15) is 41.5 Å². The fraction of sp³-hybridized carbons (Fsp3) is 0.500. The summed E-state index contributed by atoms with van der Waals surface area (Å²) in [7, 11) is 0. The molecule has 3 heterocycles. The molecular weight excluding hydrogens is 302 g/mol. The highest BCUT2D eigenvalue weighted by atomic mass is 16.2. The van der Waals surface area contributed by atoms with E-state index in [0.717, 1.165) is 55.2 Å². The number of likely N-dealkylation sites (tertiary alicyclic amines) is 1. The Morgan fingerprint density at radius 3 is 2.67 bits per heavy atom. The van der Waals surface area contributed by atoms with E-state index in [1.54, 1.807) is 6.20 Å². The van der Waals surface area contributed by atoms with Gasteiger partial charge >= 0.3 is 0 Å². The summed E-state index contributed by atoms with van der Waals surface area (Å²) in [5, 5.41) is 11.3. The molecule has 3 rings (SSSR count). The molecule has 0 saturated carbocycles. The molecule has 0 unspecified atom stereocenters. The Balaban J connectivity index is 1.61. The molecule has 1 amide bonds. The Kier molecular flexibility index (Phi) is 4.83. The van der Waals surface area contributed by atoms with Crippen molar-refractivity contribution in [2.75, 3.05) is 18.4 Å². The average Bonchev–Trinajstić information content (AvgIpc) is 2.89. The van der Waals surface area contributed by atoms with Crippen LogP contribution in [0.5, 0.6) is 0 Å². The molecule has 0 bridgehead atoms. The van der Waals surface area contributed by atoms with E-state index in [2.05, 4.69) is 33.9 Å². The van der Waals surface area contributed by atoms with Gasteiger partial charge in [-0.05, 0) is 51.8 Å². The number of hydrogen-bond acceptors (Lipinski definition) is 4. The SMILES string of the molecule is CCn1c(C)cc(C(=O)N2CCC(Nc3cccnn3)CC2)c1C. The maximum absolute atomic E-state index is 12.8. The second kappa shape index (κ2) is 7.03. The van der Waals surface area contributed by atoms with Gasteiger partial charge in [0.1, 0.15) is 5.82 Å². The number of amides is 1. The fourth-order valence-electron chi connectivity index (χ4n) is 3.49. The van der Waals surface area contributed by atoms with Gasteiger partial charge in [0.2, 0.25) is 0 Å². The molecule has 1 fully saturated rings. The van der Waals surface area contributed by atoms with Crippen molar-refractivity contribution in [1.29, 1.82) is 0 Å². The Morgan fingerprint density at radius 1 is 1.33 bits per heavy atom. The Morgan fingerprint density at radius 2 is 2.08 bits per heavy atom. The van der Waals surface area contributed by atoms with E-state index >= 15 is 0 Å². The van der Waals surface area contributed by atoms with Crippen molar-refractivity contribution in [3.63, 3.8) is 0 Å². The molecule has 0 radical (unpaired) electrons. The maximum atomic E-state index is 12.8. The van der Waals surface area contributed by atoms with Crippen LogP contribution in [-0.2, 0) is 6.54 Å². The minimum Gasteiger partial charge on any atom is -0.366 e. The van der Waals surface area contributed by atoms with Crippen LogP contribution in [0.15, 0.2) is 24.4 Å². The van der Waals surface area contributed by atoms with Crippen molar-refractivity contribution in [2.45, 2.75) is 46.2 Å². The molecule has 0 spiro atoms. The first-order chi connectivity index (χ1) is 11.6. The summed E-state index contributed by atoms with van der Waals surface area (Å²) in [6.07, 6.45) is 3.52. The Labute approximate surface area is 142 Å². The number of piperidine rings is 1. The van der Waals surface area contributed by atoms with Crippen LogP contribution in [0.4, 0.5) is 5.82 Å². The van der Waals surface area contributed by atoms with Crippen LogP contribution >= 0.6 is 0 Å². The zero-order valence-electron chi connectivity index (χ0n) is 14.6. The number of anilines is 1. The molecule has 2 aromatic rings. The molecular formula is C18H25N5O. The predicted molar refractivity (Wildman–Crippen MR) is 94.2 cm³/mol. The van der Waals surface area contributed by atoms with Crippen LogP contribution in [0.3, 0.4) is 0 Å². The van der Waals surface area contributed by atoms with E-state index in [4.69, 9.17) is 0 Å². The Hall–Kier alpha value is -2.37. The smallest absolute Gasteiger partial charge is 0.255 e. The van der Waals surface area contributed by atoms with E-state index in [1.807, 2.05) is 30.0 Å². The zero-order valence-corrected chi connectivity index (χ0v) is 14.6. The molecule has 1 aliphatic heterocycles. The summed E-state index contributed by atoms with van der Waals surface area (Å²) in [5.41, 5.74) is 3.06. The zero-order chi connectivity index (χ0) is 17.1. The van der Waals surface area contributed by atoms with Gasteiger partial charge in [-0.25, -0.2) is 0 Å². The molecule has 1 N–H and O–H groups in total. The molecule has 2 aromatic heterocycles. The summed E-state index contributed by atoms with van der Waals surface area (Å²) < 4.78 is 2.19. The molecule has 1 aliphatic rings. The quantitative estimate of drug-likeness (QED) is 0.938. The van der Waals surface area contributed by atoms with Gasteiger partial charge in [0.15, 0.2) is 0 Å². The van der Waals surface area contributed by atoms with Crippen molar-refractivity contribution in [2.24, 2.45) is 0 Å². The summed E-state index contributed by atoms with van der Waals surface area (Å²) in [6, 6.07) is 6.15. The third-order valence-corrected chi connectivity index (χ3v) is 4.83. The van der Waals surface area contributed by atoms with Crippen molar-refractivity contribution in [3.05, 3.63) is 41.3 Å². The third-order valence-electron chi connectivity index (χ3n) is 4.83. The minimum absolute atomic E-state index is 0.153. The molecule has 1 saturated heterocycles. The van der Waals surface area contributed by atoms with Gasteiger partial charge in [-0.3, -0.25) is 4.79 Å². The van der Waals surface area contributed by atoms with Gasteiger partial charge < -0.3 is 14.8 Å². The van der Waals surface area contributed by atoms with E-state index in [0.29, 0.717) is 6.04 Å². The predicted octanol–water partition coefficient (Wildman–Crippen LogP) is 2.63. The fourth-order valence-corrected chi connectivity index (χ4v) is 3.49. The number of carbonyl (C=O) groups is 1. The molecule has 24 heavy (non-hydrogen) atoms. The average molecular weight is 327 g/mol. The first-order valence-corrected chi connectivity index (χ1v) is 8.60. The standard InChI is InChI=1S/C18H25N5O/c1-4-23-13(2)12-16(14(23)3)18(24)22-10-7-15(8-11-22)20-17-6-5-9-19-21-17/h5-6,9,12,15H,4,7-8,10-11H2,1-3H3,(H,20,21). The van der Waals surface area contributed by atoms with Crippen LogP contribution in [0.25, 0.3) is 0 Å². The van der Waals surface area contributed by atoms with Gasteiger partial charge in [0.25, 0.3) is 5.91 Å². The Bertz CT molecular complexity index is 702. The number of nitrogens with zero attached hydrogens (tertiary/aromatic N) is 4. The number of nitrogens with one attached hydrogen (secondary N) is 1. The largest absolute Gasteiger partial charge is 0.366 e. The van der Waals surface area contributed by atoms with E-state index in [1.165, 1.54) is 0 Å². The highest BCUT2D eigenvalue weighted by Gasteiger charge is 2.26. The second-order valence-corrected chi connectivity index (χ2v) is 6.35. The van der Waals surface area contributed by atoms with Crippen molar-refractivity contribution >= 4 is 11.7 Å². The van der Waals surface area contributed by atoms with Crippen molar-refractivity contribution in [1.82, 2.24) is 19.7 Å². The summed E-state index contributed by atoms with van der Waals surface area (Å²) in [5.74, 6) is 0.953. The lowest BCUT2D eigenvalue weighted by Gasteiger charge is -2.32. The second-order valence-electron chi connectivity index (χ2n) is 6.35. The van der Waals surface area contributed by atoms with E-state index in [9.17, 15) is 4.79 Å². The number of rotatable bonds is 4. The molecule has 6 nitrogen and oxygen atoms in total. The van der Waals surface area contributed by atoms with Crippen molar-refractivity contribution in [3.8, 4) is 0 Å². The molecule has 0 aromatic carbocycles. The van der Waals surface area contributed by atoms with Crippen molar-refractivity contribution < 1.29 is 4.79 Å². The minimum atomic E-state index is 0.153. The summed E-state index contributed by atoms with van der Waals surface area (Å²) in [6.45, 7) is 8.64. The lowest BCUT2D eigenvalue weighted by Crippen LogP contribution is -2.42. The first kappa shape index (κ1) is 16.5. The van der Waals surface area contributed by atoms with Crippen LogP contribution in [-0.4, -0.2) is 44.7 Å². The van der Waals surface area contributed by atoms with E-state index in [-0.39, 0.29) is 5.91 Å². The highest BCUT2D eigenvalue weighted by Crippen LogP contribution is 2.21. The molecule has 128 valence electrons. The maximum Gasteiger partial charge on any atom is 0.255 e. The van der Waals surface area contributed by atoms with Crippen LogP contribution < -0.4 is 5.32 Å². The van der Waals surface area contributed by atoms with Gasteiger partial charge in [-0.15, -0.1) is 5.10 Å². The van der Waals surface area contributed by atoms with Gasteiger partial charge in [-0.2, -0.15) is 5.10 Å². The van der Waals surface area contributed by atoms with Gasteiger partial charge in [0.05, 0.1) is 5.56 Å². The topological polar surface area (TPSA) is 63.1 Å². The van der Waals surface area contributed by atoms with Crippen LogP contribution in [0, 0.1) is 13.8 Å². The monoisotopic (exact) mass is 327 g/mol. The van der Waals surface area contributed by atoms with Gasteiger partial charge in [0, 0.05) is 43.3 Å². The first-order valence-electron chi connectivity index (χ1n) is 8.60. The number of aromatic nitrogens is 3. The van der Waals surface area contributed by atoms with E-state index < -0.39 is 0 Å². The third kappa shape index (κ3) is 3.27.